The molecule has 0 aliphatic heterocycles. The van der Waals surface area contributed by atoms with Crippen molar-refractivity contribution in [3.8, 4) is 0 Å². The van der Waals surface area contributed by atoms with Crippen LogP contribution in [-0.4, -0.2) is 43.6 Å². The summed E-state index contributed by atoms with van der Waals surface area (Å²) in [6.07, 6.45) is -0.335. The lowest BCUT2D eigenvalue weighted by atomic mass is 9.96. The van der Waals surface area contributed by atoms with Crippen molar-refractivity contribution in [1.29, 1.82) is 0 Å². The van der Waals surface area contributed by atoms with Crippen LogP contribution in [0.25, 0.3) is 0 Å². The summed E-state index contributed by atoms with van der Waals surface area (Å²) < 4.78 is 40.3. The number of hydrogen-bond donors (Lipinski definition) is 3. The van der Waals surface area contributed by atoms with Crippen LogP contribution in [0.4, 0.5) is 4.39 Å². The number of halogens is 1. The third-order valence-corrected chi connectivity index (χ3v) is 5.97. The van der Waals surface area contributed by atoms with Crippen LogP contribution in [0.3, 0.4) is 0 Å². The summed E-state index contributed by atoms with van der Waals surface area (Å²) in [5.41, 5.74) is 5.54. The summed E-state index contributed by atoms with van der Waals surface area (Å²) in [7, 11) is -2.30. The number of rotatable bonds is 10. The number of alkyl halides is 1. The number of nitrogens with two attached hydrogens (primary N) is 1. The Morgan fingerprint density at radius 1 is 1.29 bits per heavy atom. The molecule has 0 aliphatic rings. The highest BCUT2D eigenvalue weighted by atomic mass is 32.2. The van der Waals surface area contributed by atoms with Crippen LogP contribution >= 0.6 is 0 Å². The molecule has 1 aromatic carbocycles. The van der Waals surface area contributed by atoms with Gasteiger partial charge in [-0.15, -0.1) is 0 Å². The Bertz CT molecular complexity index is 588. The zero-order valence-corrected chi connectivity index (χ0v) is 15.4. The molecule has 3 atom stereocenters. The molecule has 4 N–H and O–H groups in total. The molecule has 0 unspecified atom stereocenters. The van der Waals surface area contributed by atoms with E-state index in [1.807, 2.05) is 30.3 Å². The van der Waals surface area contributed by atoms with E-state index in [1.165, 1.54) is 20.9 Å². The zero-order valence-electron chi connectivity index (χ0n) is 14.6. The first kappa shape index (κ1) is 21.0. The predicted octanol–water partition coefficient (Wildman–Crippen LogP) is 1.75. The Labute approximate surface area is 144 Å². The van der Waals surface area contributed by atoms with Crippen molar-refractivity contribution in [2.75, 3.05) is 7.05 Å². The molecule has 1 rings (SSSR count). The van der Waals surface area contributed by atoms with E-state index in [2.05, 4.69) is 4.72 Å². The van der Waals surface area contributed by atoms with Crippen LogP contribution in [0.2, 0.25) is 0 Å². The maximum atomic E-state index is 13.7. The van der Waals surface area contributed by atoms with Gasteiger partial charge in [-0.1, -0.05) is 30.3 Å². The van der Waals surface area contributed by atoms with Crippen LogP contribution in [-0.2, 0) is 16.4 Å². The van der Waals surface area contributed by atoms with Crippen molar-refractivity contribution in [3.63, 3.8) is 0 Å². The molecular formula is C17H29FN2O3S. The lowest BCUT2D eigenvalue weighted by molar-refractivity contribution is 0.128. The summed E-state index contributed by atoms with van der Waals surface area (Å²) in [4.78, 5) is 0. The lowest BCUT2D eigenvalue weighted by Crippen LogP contribution is -2.42. The monoisotopic (exact) mass is 360 g/mol. The van der Waals surface area contributed by atoms with Crippen molar-refractivity contribution in [1.82, 2.24) is 4.72 Å². The number of sulfonamides is 1. The molecule has 0 saturated heterocycles. The van der Waals surface area contributed by atoms with Gasteiger partial charge in [0.15, 0.2) is 0 Å². The summed E-state index contributed by atoms with van der Waals surface area (Å²) >= 11 is 0. The third-order valence-electron chi connectivity index (χ3n) is 4.10. The Hall–Kier alpha value is -1.02. The molecule has 24 heavy (non-hydrogen) atoms. The minimum atomic E-state index is -3.62. The molecule has 138 valence electrons. The Balaban J connectivity index is 2.73. The smallest absolute Gasteiger partial charge is 0.214 e. The molecule has 0 radical (unpaired) electrons. The standard InChI is InChI=1S/C17H29FN2O3S/c1-17(2,18)10-9-14(24(22,23)20-3)12-16(21)15(19)11-13-7-5-4-6-8-13/h4-8,14-16,20-21H,9-12,19H2,1-3H3/t14-,15+,16+/m1/s1. The van der Waals surface area contributed by atoms with Gasteiger partial charge in [0.05, 0.1) is 11.4 Å². The minimum absolute atomic E-state index is 0.0206. The van der Waals surface area contributed by atoms with Crippen molar-refractivity contribution in [2.24, 2.45) is 5.73 Å². The highest BCUT2D eigenvalue weighted by Gasteiger charge is 2.31. The SMILES string of the molecule is CNS(=O)(=O)[C@H](CCC(C)(C)F)C[C@H](O)[C@@H](N)Cc1ccccc1. The van der Waals surface area contributed by atoms with Gasteiger partial charge in [-0.2, -0.15) is 0 Å². The maximum absolute atomic E-state index is 13.7. The lowest BCUT2D eigenvalue weighted by Gasteiger charge is -2.25. The van der Waals surface area contributed by atoms with Crippen LogP contribution in [0.1, 0.15) is 38.7 Å². The Kier molecular flexibility index (Phi) is 7.79. The summed E-state index contributed by atoms with van der Waals surface area (Å²) in [5.74, 6) is 0. The maximum Gasteiger partial charge on any atom is 0.214 e. The number of benzene rings is 1. The zero-order chi connectivity index (χ0) is 18.4. The van der Waals surface area contributed by atoms with E-state index in [4.69, 9.17) is 5.73 Å². The highest BCUT2D eigenvalue weighted by Crippen LogP contribution is 2.23. The van der Waals surface area contributed by atoms with E-state index >= 15 is 0 Å². The molecule has 0 aromatic heterocycles. The van der Waals surface area contributed by atoms with Gasteiger partial charge in [0.1, 0.15) is 5.67 Å². The van der Waals surface area contributed by atoms with Gasteiger partial charge >= 0.3 is 0 Å². The second kappa shape index (κ2) is 8.89. The molecule has 0 saturated carbocycles. The molecular weight excluding hydrogens is 331 g/mol. The van der Waals surface area contributed by atoms with Gasteiger partial charge in [0, 0.05) is 6.04 Å². The quantitative estimate of drug-likeness (QED) is 0.593. The van der Waals surface area contributed by atoms with Gasteiger partial charge in [-0.25, -0.2) is 17.5 Å². The van der Waals surface area contributed by atoms with Crippen LogP contribution in [0.5, 0.6) is 0 Å². The minimum Gasteiger partial charge on any atom is -0.391 e. The van der Waals surface area contributed by atoms with Crippen LogP contribution in [0.15, 0.2) is 30.3 Å². The third kappa shape index (κ3) is 7.25. The van der Waals surface area contributed by atoms with Crippen molar-refractivity contribution in [2.45, 2.75) is 62.6 Å². The molecule has 7 heteroatoms. The fourth-order valence-electron chi connectivity index (χ4n) is 2.54. The van der Waals surface area contributed by atoms with Gasteiger partial charge in [-0.05, 0) is 52.1 Å². The first-order chi connectivity index (χ1) is 11.0. The number of aliphatic hydroxyl groups excluding tert-OH is 1. The molecule has 1 aromatic rings. The second-order valence-corrected chi connectivity index (χ2v) is 8.95. The van der Waals surface area contributed by atoms with E-state index in [0.29, 0.717) is 6.42 Å². The van der Waals surface area contributed by atoms with E-state index < -0.39 is 33.1 Å². The first-order valence-corrected chi connectivity index (χ1v) is 9.68. The molecule has 0 amide bonds. The normalized spacial score (nSPS) is 16.6. The number of hydrogen-bond acceptors (Lipinski definition) is 4. The highest BCUT2D eigenvalue weighted by molar-refractivity contribution is 7.90. The van der Waals surface area contributed by atoms with Crippen molar-refractivity contribution >= 4 is 10.0 Å². The van der Waals surface area contributed by atoms with E-state index in [1.54, 1.807) is 0 Å². The van der Waals surface area contributed by atoms with Gasteiger partial charge in [0.2, 0.25) is 10.0 Å². The van der Waals surface area contributed by atoms with E-state index in [0.717, 1.165) is 5.56 Å². The summed E-state index contributed by atoms with van der Waals surface area (Å²) in [6, 6.07) is 8.87. The fourth-order valence-corrected chi connectivity index (χ4v) is 3.75. The van der Waals surface area contributed by atoms with Gasteiger partial charge in [0.25, 0.3) is 0 Å². The average Bonchev–Trinajstić information content (AvgIpc) is 2.51. The number of aliphatic hydroxyl groups is 1. The topological polar surface area (TPSA) is 92.4 Å². The van der Waals surface area contributed by atoms with Gasteiger partial charge < -0.3 is 10.8 Å². The Morgan fingerprint density at radius 3 is 2.38 bits per heavy atom. The fraction of sp³-hybridized carbons (Fsp3) is 0.647. The van der Waals surface area contributed by atoms with E-state index in [9.17, 15) is 17.9 Å². The second-order valence-electron chi connectivity index (χ2n) is 6.79. The molecule has 0 spiro atoms. The summed E-state index contributed by atoms with van der Waals surface area (Å²) in [5, 5.41) is 9.45. The Morgan fingerprint density at radius 2 is 1.88 bits per heavy atom. The number of nitrogens with one attached hydrogen (secondary N) is 1. The largest absolute Gasteiger partial charge is 0.391 e. The van der Waals surface area contributed by atoms with E-state index in [-0.39, 0.29) is 19.3 Å². The van der Waals surface area contributed by atoms with Crippen LogP contribution in [0, 0.1) is 0 Å². The predicted molar refractivity (Wildman–Crippen MR) is 94.9 cm³/mol. The molecule has 0 aliphatic carbocycles. The van der Waals surface area contributed by atoms with Gasteiger partial charge in [-0.3, -0.25) is 0 Å². The van der Waals surface area contributed by atoms with Crippen molar-refractivity contribution in [3.05, 3.63) is 35.9 Å². The molecule has 0 fully saturated rings. The summed E-state index contributed by atoms with van der Waals surface area (Å²) in [6.45, 7) is 2.82. The van der Waals surface area contributed by atoms with Crippen molar-refractivity contribution < 1.29 is 17.9 Å². The average molecular weight is 360 g/mol. The molecule has 5 nitrogen and oxygen atoms in total. The first-order valence-electron chi connectivity index (χ1n) is 8.14. The molecule has 0 heterocycles. The van der Waals surface area contributed by atoms with Crippen LogP contribution < -0.4 is 10.5 Å². The molecule has 0 bridgehead atoms.